The highest BCUT2D eigenvalue weighted by atomic mass is 79.9. The number of hydrogen-bond donors (Lipinski definition) is 0. The number of carbonyl (C=O) groups is 3. The molecule has 0 radical (unpaired) electrons. The van der Waals surface area contributed by atoms with Gasteiger partial charge in [-0.3, -0.25) is 14.6 Å². The summed E-state index contributed by atoms with van der Waals surface area (Å²) in [6, 6.07) is 20.2. The van der Waals surface area contributed by atoms with Crippen LogP contribution in [0.5, 0.6) is 0 Å². The van der Waals surface area contributed by atoms with E-state index in [4.69, 9.17) is 9.84 Å². The molecule has 186 valence electrons. The predicted octanol–water partition coefficient (Wildman–Crippen LogP) is 5.71. The Kier molecular flexibility index (Phi) is 5.28. The van der Waals surface area contributed by atoms with Crippen molar-refractivity contribution in [1.29, 1.82) is 0 Å². The summed E-state index contributed by atoms with van der Waals surface area (Å²) in [5.41, 5.74) is 0.719. The smallest absolute Gasteiger partial charge is 0.331 e. The largest absolute Gasteiger partial charge is 0.458 e. The van der Waals surface area contributed by atoms with Gasteiger partial charge in [-0.05, 0) is 49.6 Å². The third-order valence-corrected chi connectivity index (χ3v) is 7.98. The summed E-state index contributed by atoms with van der Waals surface area (Å²) in [7, 11) is 0. The average molecular weight is 557 g/mol. The molecule has 1 aliphatic carbocycles. The highest BCUT2D eigenvalue weighted by Crippen LogP contribution is 2.64. The molecule has 3 aliphatic rings. The number of ether oxygens (including phenoxy) is 1. The van der Waals surface area contributed by atoms with Gasteiger partial charge < -0.3 is 4.74 Å². The number of carbonyl (C=O) groups excluding carboxylic acids is 3. The molecule has 0 amide bonds. The van der Waals surface area contributed by atoms with E-state index in [1.165, 1.54) is 0 Å². The topological polar surface area (TPSA) is 76.0 Å². The number of benzene rings is 3. The Bertz CT molecular complexity index is 1450. The van der Waals surface area contributed by atoms with Gasteiger partial charge >= 0.3 is 5.97 Å². The van der Waals surface area contributed by atoms with Gasteiger partial charge in [-0.2, -0.15) is 5.10 Å². The summed E-state index contributed by atoms with van der Waals surface area (Å²) >= 11 is 3.48. The van der Waals surface area contributed by atoms with Crippen molar-refractivity contribution in [1.82, 2.24) is 5.01 Å². The summed E-state index contributed by atoms with van der Waals surface area (Å²) in [5.74, 6) is -1.91. The number of hydrazone groups is 1. The highest BCUT2D eigenvalue weighted by molar-refractivity contribution is 9.10. The maximum Gasteiger partial charge on any atom is 0.331 e. The number of fused-ring (bicyclic) bond motifs is 5. The van der Waals surface area contributed by atoms with E-state index in [0.29, 0.717) is 16.7 Å². The predicted molar refractivity (Wildman–Crippen MR) is 143 cm³/mol. The summed E-state index contributed by atoms with van der Waals surface area (Å²) in [6.45, 7) is 5.41. The molecule has 3 aromatic carbocycles. The molecule has 2 heterocycles. The Morgan fingerprint density at radius 3 is 2.14 bits per heavy atom. The lowest BCUT2D eigenvalue weighted by Crippen LogP contribution is -2.44. The van der Waals surface area contributed by atoms with Crippen LogP contribution in [0.2, 0.25) is 0 Å². The summed E-state index contributed by atoms with van der Waals surface area (Å²) in [5, 5.41) is 6.35. The normalized spacial score (nSPS) is 23.1. The van der Waals surface area contributed by atoms with E-state index >= 15 is 0 Å². The Balaban J connectivity index is 1.67. The van der Waals surface area contributed by atoms with Gasteiger partial charge in [0.2, 0.25) is 0 Å². The van der Waals surface area contributed by atoms with Crippen LogP contribution in [-0.4, -0.2) is 40.4 Å². The van der Waals surface area contributed by atoms with Crippen molar-refractivity contribution in [2.45, 2.75) is 44.4 Å². The second-order valence-electron chi connectivity index (χ2n) is 10.7. The lowest BCUT2D eigenvalue weighted by atomic mass is 9.63. The zero-order chi connectivity index (χ0) is 26.1. The number of esters is 1. The van der Waals surface area contributed by atoms with Crippen molar-refractivity contribution in [3.05, 3.63) is 105 Å². The van der Waals surface area contributed by atoms with Crippen LogP contribution < -0.4 is 0 Å². The van der Waals surface area contributed by atoms with Crippen LogP contribution in [0.3, 0.4) is 0 Å². The Labute approximate surface area is 223 Å². The third-order valence-electron chi connectivity index (χ3n) is 7.45. The molecule has 3 atom stereocenters. The van der Waals surface area contributed by atoms with Crippen LogP contribution in [0.1, 0.15) is 70.1 Å². The SMILES string of the molecule is CC(C)(C)OC(=O)[C@H]1[C@@H](c2ccc(Br)cc2)C2(C(=O)c3ccccc3C2=O)[C@H]2c3ccccc3C=NN12. The van der Waals surface area contributed by atoms with Crippen molar-refractivity contribution in [2.75, 3.05) is 0 Å². The first kappa shape index (κ1) is 23.8. The van der Waals surface area contributed by atoms with Crippen molar-refractivity contribution < 1.29 is 19.1 Å². The molecular weight excluding hydrogens is 532 g/mol. The third kappa shape index (κ3) is 3.37. The Morgan fingerprint density at radius 1 is 0.919 bits per heavy atom. The summed E-state index contributed by atoms with van der Waals surface area (Å²) < 4.78 is 6.75. The van der Waals surface area contributed by atoms with Crippen LogP contribution in [0, 0.1) is 5.41 Å². The molecule has 0 bridgehead atoms. The van der Waals surface area contributed by atoms with Crippen LogP contribution >= 0.6 is 15.9 Å². The number of hydrogen-bond acceptors (Lipinski definition) is 6. The van der Waals surface area contributed by atoms with Crippen LogP contribution in [0.25, 0.3) is 0 Å². The van der Waals surface area contributed by atoms with E-state index in [1.54, 1.807) is 56.3 Å². The van der Waals surface area contributed by atoms with Crippen molar-refractivity contribution in [3.63, 3.8) is 0 Å². The first-order valence-corrected chi connectivity index (χ1v) is 13.0. The van der Waals surface area contributed by atoms with Crippen LogP contribution in [0.4, 0.5) is 0 Å². The number of nitrogens with zero attached hydrogens (tertiary/aromatic N) is 2. The first-order chi connectivity index (χ1) is 17.6. The molecule has 2 aliphatic heterocycles. The van der Waals surface area contributed by atoms with E-state index in [1.807, 2.05) is 48.5 Å². The molecule has 3 aromatic rings. The molecule has 0 aromatic heterocycles. The molecule has 6 rings (SSSR count). The molecule has 6 nitrogen and oxygen atoms in total. The molecule has 1 spiro atoms. The van der Waals surface area contributed by atoms with Gasteiger partial charge in [-0.1, -0.05) is 76.6 Å². The molecule has 0 N–H and O–H groups in total. The summed E-state index contributed by atoms with van der Waals surface area (Å²) in [4.78, 5) is 43.0. The minimum atomic E-state index is -1.59. The van der Waals surface area contributed by atoms with E-state index in [2.05, 4.69) is 15.9 Å². The monoisotopic (exact) mass is 556 g/mol. The van der Waals surface area contributed by atoms with E-state index < -0.39 is 35.0 Å². The average Bonchev–Trinajstić information content (AvgIpc) is 3.30. The van der Waals surface area contributed by atoms with Crippen molar-refractivity contribution in [2.24, 2.45) is 10.5 Å². The number of rotatable bonds is 2. The van der Waals surface area contributed by atoms with Gasteiger partial charge in [0.25, 0.3) is 0 Å². The molecule has 0 unspecified atom stereocenters. The van der Waals surface area contributed by atoms with Gasteiger partial charge in [0.1, 0.15) is 11.0 Å². The lowest BCUT2D eigenvalue weighted by molar-refractivity contribution is -0.161. The zero-order valence-electron chi connectivity index (χ0n) is 20.6. The Hall–Kier alpha value is -3.58. The minimum absolute atomic E-state index is 0.283. The van der Waals surface area contributed by atoms with Crippen LogP contribution in [-0.2, 0) is 9.53 Å². The van der Waals surface area contributed by atoms with Gasteiger partial charge in [-0.15, -0.1) is 0 Å². The molecule has 37 heavy (non-hydrogen) atoms. The highest BCUT2D eigenvalue weighted by Gasteiger charge is 2.73. The Morgan fingerprint density at radius 2 is 1.51 bits per heavy atom. The molecule has 1 fully saturated rings. The number of halogens is 1. The van der Waals surface area contributed by atoms with E-state index in [0.717, 1.165) is 15.6 Å². The molecule has 0 saturated carbocycles. The van der Waals surface area contributed by atoms with Crippen molar-refractivity contribution in [3.8, 4) is 0 Å². The minimum Gasteiger partial charge on any atom is -0.458 e. The van der Waals surface area contributed by atoms with E-state index in [9.17, 15) is 14.4 Å². The van der Waals surface area contributed by atoms with Gasteiger partial charge in [0.15, 0.2) is 17.6 Å². The van der Waals surface area contributed by atoms with Crippen LogP contribution in [0.15, 0.2) is 82.4 Å². The van der Waals surface area contributed by atoms with E-state index in [-0.39, 0.29) is 11.6 Å². The zero-order valence-corrected chi connectivity index (χ0v) is 22.2. The lowest BCUT2D eigenvalue weighted by Gasteiger charge is -2.36. The van der Waals surface area contributed by atoms with Gasteiger partial charge in [0.05, 0.1) is 12.3 Å². The summed E-state index contributed by atoms with van der Waals surface area (Å²) in [6.07, 6.45) is 1.69. The second-order valence-corrected chi connectivity index (χ2v) is 11.7. The quantitative estimate of drug-likeness (QED) is 0.298. The fourth-order valence-corrected chi connectivity index (χ4v) is 6.42. The first-order valence-electron chi connectivity index (χ1n) is 12.2. The fourth-order valence-electron chi connectivity index (χ4n) is 6.15. The fraction of sp³-hybridized carbons (Fsp3) is 0.267. The molecule has 1 saturated heterocycles. The maximum atomic E-state index is 14.5. The maximum absolute atomic E-state index is 14.5. The molecule has 7 heteroatoms. The standard InChI is InChI=1S/C30H25BrN2O4/c1-29(2,3)37-28(36)24-23(17-12-14-19(31)15-13-17)30(26(34)21-10-6-7-11-22(21)27(30)35)25-20-9-5-4-8-18(20)16-32-33(24)25/h4-16,23-25H,1-3H3/t23-,24-,25-/m1/s1. The second kappa shape index (κ2) is 8.21. The molecular formula is C30H25BrN2O4. The number of ketones is 2. The van der Waals surface area contributed by atoms with Gasteiger partial charge in [-0.25, -0.2) is 4.79 Å². The van der Waals surface area contributed by atoms with Gasteiger partial charge in [0, 0.05) is 21.5 Å². The van der Waals surface area contributed by atoms with Crippen molar-refractivity contribution >= 4 is 39.7 Å². The number of Topliss-reactive ketones (excluding diaryl/α,β-unsaturated/α-hetero) is 2.